The van der Waals surface area contributed by atoms with Gasteiger partial charge >= 0.3 is 6.18 Å². The van der Waals surface area contributed by atoms with E-state index < -0.39 is 38.9 Å². The van der Waals surface area contributed by atoms with Crippen molar-refractivity contribution in [2.75, 3.05) is 26.2 Å². The van der Waals surface area contributed by atoms with Crippen molar-refractivity contribution in [2.24, 2.45) is 0 Å². The zero-order valence-corrected chi connectivity index (χ0v) is 17.9. The van der Waals surface area contributed by atoms with E-state index >= 15 is 0 Å². The fourth-order valence-electron chi connectivity index (χ4n) is 3.70. The summed E-state index contributed by atoms with van der Waals surface area (Å²) in [7, 11) is -4.13. The lowest BCUT2D eigenvalue weighted by Gasteiger charge is -2.38. The number of nitrogens with zero attached hydrogens (tertiary/aromatic N) is 2. The normalized spacial score (nSPS) is 21.9. The van der Waals surface area contributed by atoms with Crippen LogP contribution in [0.25, 0.3) is 0 Å². The summed E-state index contributed by atoms with van der Waals surface area (Å²) in [5.41, 5.74) is -1.03. The van der Waals surface area contributed by atoms with Gasteiger partial charge in [0.15, 0.2) is 11.5 Å². The van der Waals surface area contributed by atoms with Crippen molar-refractivity contribution in [1.29, 1.82) is 0 Å². The molecule has 4 rings (SSSR count). The smallest absolute Gasteiger partial charge is 0.416 e. The average molecular weight is 470 g/mol. The largest absolute Gasteiger partial charge is 0.482 e. The number of halogens is 3. The molecule has 7 nitrogen and oxygen atoms in total. The molecule has 0 aromatic heterocycles. The van der Waals surface area contributed by atoms with Crippen LogP contribution in [0.3, 0.4) is 0 Å². The molecule has 0 aliphatic carbocycles. The molecule has 2 aromatic rings. The molecule has 2 aromatic carbocycles. The number of ether oxygens (including phenoxy) is 2. The summed E-state index contributed by atoms with van der Waals surface area (Å²) >= 11 is 0. The fraction of sp³-hybridized carbons (Fsp3) is 0.381. The van der Waals surface area contributed by atoms with Crippen molar-refractivity contribution < 1.29 is 35.9 Å². The van der Waals surface area contributed by atoms with Crippen LogP contribution in [0.1, 0.15) is 12.5 Å². The van der Waals surface area contributed by atoms with Gasteiger partial charge < -0.3 is 14.4 Å². The van der Waals surface area contributed by atoms with Crippen LogP contribution < -0.4 is 9.47 Å². The van der Waals surface area contributed by atoms with Gasteiger partial charge in [-0.25, -0.2) is 8.42 Å². The highest BCUT2D eigenvalue weighted by atomic mass is 32.2. The molecule has 11 heteroatoms. The van der Waals surface area contributed by atoms with Gasteiger partial charge in [0.05, 0.1) is 10.5 Å². The van der Waals surface area contributed by atoms with Gasteiger partial charge in [-0.3, -0.25) is 4.79 Å². The van der Waals surface area contributed by atoms with E-state index in [0.717, 1.165) is 22.5 Å². The first kappa shape index (κ1) is 22.4. The van der Waals surface area contributed by atoms with Crippen molar-refractivity contribution in [3.8, 4) is 11.5 Å². The lowest BCUT2D eigenvalue weighted by molar-refractivity contribution is -0.145. The molecule has 0 bridgehead atoms. The van der Waals surface area contributed by atoms with Crippen molar-refractivity contribution in [3.05, 3.63) is 54.1 Å². The molecule has 1 amide bonds. The van der Waals surface area contributed by atoms with Gasteiger partial charge in [0.25, 0.3) is 5.91 Å². The number of benzene rings is 2. The summed E-state index contributed by atoms with van der Waals surface area (Å²) < 4.78 is 77.2. The Hall–Kier alpha value is -2.79. The molecule has 32 heavy (non-hydrogen) atoms. The molecular weight excluding hydrogens is 449 g/mol. The van der Waals surface area contributed by atoms with E-state index in [4.69, 9.17) is 9.47 Å². The summed E-state index contributed by atoms with van der Waals surface area (Å²) in [5.74, 6) is 0.666. The predicted molar refractivity (Wildman–Crippen MR) is 108 cm³/mol. The summed E-state index contributed by atoms with van der Waals surface area (Å²) in [6, 6.07) is 10.6. The van der Waals surface area contributed by atoms with Gasteiger partial charge in [-0.1, -0.05) is 18.2 Å². The number of amides is 1. The standard InChI is InChI=1S/C21H21F3N2O5S/c1-14-19(31-18-8-3-2-7-17(18)30-14)20(27)25-9-11-26(12-10-25)32(28,29)16-6-4-5-15(13-16)21(22,23)24/h2-8,13-14,19H,9-12H2,1H3. The third-order valence-electron chi connectivity index (χ3n) is 5.44. The Morgan fingerprint density at radius 1 is 0.969 bits per heavy atom. The van der Waals surface area contributed by atoms with Gasteiger partial charge in [-0.15, -0.1) is 0 Å². The lowest BCUT2D eigenvalue weighted by Crippen LogP contribution is -2.56. The Balaban J connectivity index is 1.43. The van der Waals surface area contributed by atoms with Crippen LogP contribution in [0.15, 0.2) is 53.4 Å². The monoisotopic (exact) mass is 470 g/mol. The summed E-state index contributed by atoms with van der Waals surface area (Å²) in [6.07, 6.45) is -6.06. The molecule has 2 aliphatic rings. The van der Waals surface area contributed by atoms with Gasteiger partial charge in [0.1, 0.15) is 6.10 Å². The molecule has 1 fully saturated rings. The average Bonchev–Trinajstić information content (AvgIpc) is 2.78. The Kier molecular flexibility index (Phi) is 5.80. The van der Waals surface area contributed by atoms with Crippen LogP contribution in [-0.2, 0) is 21.0 Å². The zero-order chi connectivity index (χ0) is 23.1. The molecule has 0 radical (unpaired) electrons. The molecule has 2 atom stereocenters. The van der Waals surface area contributed by atoms with E-state index in [1.165, 1.54) is 4.90 Å². The number of hydrogen-bond donors (Lipinski definition) is 0. The number of para-hydroxylation sites is 2. The van der Waals surface area contributed by atoms with E-state index in [1.807, 2.05) is 0 Å². The van der Waals surface area contributed by atoms with Gasteiger partial charge in [0, 0.05) is 26.2 Å². The fourth-order valence-corrected chi connectivity index (χ4v) is 5.17. The summed E-state index contributed by atoms with van der Waals surface area (Å²) in [5, 5.41) is 0. The van der Waals surface area contributed by atoms with E-state index in [-0.39, 0.29) is 32.1 Å². The minimum Gasteiger partial charge on any atom is -0.482 e. The number of carbonyl (C=O) groups is 1. The van der Waals surface area contributed by atoms with Crippen LogP contribution >= 0.6 is 0 Å². The van der Waals surface area contributed by atoms with Crippen LogP contribution in [-0.4, -0.2) is 61.9 Å². The summed E-state index contributed by atoms with van der Waals surface area (Å²) in [4.78, 5) is 14.0. The van der Waals surface area contributed by atoms with Crippen LogP contribution in [0.2, 0.25) is 0 Å². The van der Waals surface area contributed by atoms with Gasteiger partial charge in [-0.2, -0.15) is 17.5 Å². The number of carbonyl (C=O) groups excluding carboxylic acids is 1. The van der Waals surface area contributed by atoms with Gasteiger partial charge in [0.2, 0.25) is 16.1 Å². The highest BCUT2D eigenvalue weighted by Gasteiger charge is 2.39. The Morgan fingerprint density at radius 2 is 1.59 bits per heavy atom. The van der Waals surface area contributed by atoms with Crippen LogP contribution in [0.4, 0.5) is 13.2 Å². The third kappa shape index (κ3) is 4.26. The minimum absolute atomic E-state index is 0.0388. The Labute approximate surface area is 183 Å². The number of sulfonamides is 1. The second-order valence-electron chi connectivity index (χ2n) is 7.56. The molecular formula is C21H21F3N2O5S. The van der Waals surface area contributed by atoms with Crippen molar-refractivity contribution in [3.63, 3.8) is 0 Å². The number of alkyl halides is 3. The molecule has 2 unspecified atom stereocenters. The third-order valence-corrected chi connectivity index (χ3v) is 7.33. The lowest BCUT2D eigenvalue weighted by atomic mass is 10.1. The molecule has 2 heterocycles. The summed E-state index contributed by atoms with van der Waals surface area (Å²) in [6.45, 7) is 1.81. The van der Waals surface area contributed by atoms with Crippen molar-refractivity contribution in [2.45, 2.75) is 30.2 Å². The van der Waals surface area contributed by atoms with Crippen LogP contribution in [0, 0.1) is 0 Å². The van der Waals surface area contributed by atoms with E-state index in [1.54, 1.807) is 31.2 Å². The van der Waals surface area contributed by atoms with Gasteiger partial charge in [-0.05, 0) is 37.3 Å². The highest BCUT2D eigenvalue weighted by molar-refractivity contribution is 7.89. The molecule has 1 saturated heterocycles. The van der Waals surface area contributed by atoms with E-state index in [9.17, 15) is 26.4 Å². The highest BCUT2D eigenvalue weighted by Crippen LogP contribution is 2.34. The maximum atomic E-state index is 13.0. The minimum atomic E-state index is -4.64. The number of piperazine rings is 1. The molecule has 172 valence electrons. The molecule has 0 N–H and O–H groups in total. The van der Waals surface area contributed by atoms with E-state index in [2.05, 4.69) is 0 Å². The quantitative estimate of drug-likeness (QED) is 0.690. The number of hydrogen-bond acceptors (Lipinski definition) is 5. The first-order valence-electron chi connectivity index (χ1n) is 9.96. The molecule has 0 saturated carbocycles. The van der Waals surface area contributed by atoms with Crippen molar-refractivity contribution >= 4 is 15.9 Å². The van der Waals surface area contributed by atoms with E-state index in [0.29, 0.717) is 17.6 Å². The van der Waals surface area contributed by atoms with Crippen molar-refractivity contribution in [1.82, 2.24) is 9.21 Å². The topological polar surface area (TPSA) is 76.2 Å². The molecule has 0 spiro atoms. The predicted octanol–water partition coefficient (Wildman–Crippen LogP) is 2.77. The SMILES string of the molecule is CC1Oc2ccccc2OC1C(=O)N1CCN(S(=O)(=O)c2cccc(C(F)(F)F)c2)CC1. The first-order valence-corrected chi connectivity index (χ1v) is 11.4. The Morgan fingerprint density at radius 3 is 2.22 bits per heavy atom. The maximum absolute atomic E-state index is 13.0. The Bertz CT molecular complexity index is 1110. The van der Waals surface area contributed by atoms with Crippen LogP contribution in [0.5, 0.6) is 11.5 Å². The number of rotatable bonds is 3. The second kappa shape index (κ2) is 8.28. The second-order valence-corrected chi connectivity index (χ2v) is 9.50. The molecule has 2 aliphatic heterocycles. The number of fused-ring (bicyclic) bond motifs is 1. The maximum Gasteiger partial charge on any atom is 0.416 e. The first-order chi connectivity index (χ1) is 15.1. The zero-order valence-electron chi connectivity index (χ0n) is 17.1.